The van der Waals surface area contributed by atoms with Crippen LogP contribution in [0.15, 0.2) is 18.2 Å². The number of halogens is 1. The van der Waals surface area contributed by atoms with Gasteiger partial charge in [0.25, 0.3) is 5.91 Å². The van der Waals surface area contributed by atoms with Gasteiger partial charge in [0.1, 0.15) is 0 Å². The molecule has 2 atom stereocenters. The van der Waals surface area contributed by atoms with Gasteiger partial charge in [0, 0.05) is 30.7 Å². The van der Waals surface area contributed by atoms with Crippen LogP contribution in [0, 0.1) is 0 Å². The minimum atomic E-state index is -0.196. The Bertz CT molecular complexity index is 622. The maximum atomic E-state index is 12.5. The Labute approximate surface area is 140 Å². The Hall–Kier alpha value is -1.79. The van der Waals surface area contributed by atoms with Crippen molar-refractivity contribution in [2.75, 3.05) is 18.0 Å². The zero-order valence-electron chi connectivity index (χ0n) is 12.8. The fourth-order valence-electron chi connectivity index (χ4n) is 3.15. The van der Waals surface area contributed by atoms with Gasteiger partial charge in [0.15, 0.2) is 0 Å². The minimum absolute atomic E-state index is 0.00355. The molecule has 1 aromatic rings. The van der Waals surface area contributed by atoms with Gasteiger partial charge >= 0.3 is 6.03 Å². The summed E-state index contributed by atoms with van der Waals surface area (Å²) in [5.74, 6) is -0.176. The quantitative estimate of drug-likeness (QED) is 0.787. The molecule has 0 spiro atoms. The fraction of sp³-hybridized carbons (Fsp3) is 0.500. The maximum Gasteiger partial charge on any atom is 0.322 e. The summed E-state index contributed by atoms with van der Waals surface area (Å²) in [5.41, 5.74) is 7.13. The summed E-state index contributed by atoms with van der Waals surface area (Å²) in [5, 5.41) is 6.19. The van der Waals surface area contributed by atoms with Gasteiger partial charge in [0.05, 0.1) is 10.7 Å². The van der Waals surface area contributed by atoms with Crippen LogP contribution in [0.25, 0.3) is 0 Å². The van der Waals surface area contributed by atoms with Crippen LogP contribution in [0.5, 0.6) is 0 Å². The van der Waals surface area contributed by atoms with Crippen LogP contribution < -0.4 is 21.3 Å². The normalized spacial score (nSPS) is 24.4. The van der Waals surface area contributed by atoms with Crippen LogP contribution in [0.1, 0.15) is 36.0 Å². The van der Waals surface area contributed by atoms with Crippen LogP contribution in [-0.4, -0.2) is 37.1 Å². The average molecular weight is 337 g/mol. The number of nitrogens with zero attached hydrogens (tertiary/aromatic N) is 1. The van der Waals surface area contributed by atoms with Crippen molar-refractivity contribution < 1.29 is 9.59 Å². The fourth-order valence-corrected chi connectivity index (χ4v) is 3.37. The van der Waals surface area contributed by atoms with Crippen molar-refractivity contribution >= 4 is 29.2 Å². The second-order valence-corrected chi connectivity index (χ2v) is 6.49. The molecule has 1 saturated heterocycles. The van der Waals surface area contributed by atoms with Crippen molar-refractivity contribution in [1.82, 2.24) is 10.6 Å². The van der Waals surface area contributed by atoms with Gasteiger partial charge in [-0.3, -0.25) is 9.69 Å². The van der Waals surface area contributed by atoms with E-state index < -0.39 is 0 Å². The number of rotatable bonds is 3. The molecule has 3 rings (SSSR count). The Balaban J connectivity index is 1.77. The standard InChI is InChI=1S/C16H21ClN4O2/c17-11-6-5-10(9-14(11)21-8-7-19-16(21)23)15(22)20-13-4-2-1-3-12(13)18/h5-6,9,12-13H,1-4,7-8,18H2,(H,19,23)(H,20,22)/t12-,13-/m1/s1. The predicted octanol–water partition coefficient (Wildman–Crippen LogP) is 1.87. The third-order valence-electron chi connectivity index (χ3n) is 4.49. The molecule has 0 unspecified atom stereocenters. The van der Waals surface area contributed by atoms with E-state index in [1.54, 1.807) is 23.1 Å². The predicted molar refractivity (Wildman–Crippen MR) is 89.9 cm³/mol. The highest BCUT2D eigenvalue weighted by Gasteiger charge is 2.26. The third kappa shape index (κ3) is 3.43. The monoisotopic (exact) mass is 336 g/mol. The molecule has 1 saturated carbocycles. The molecule has 6 nitrogen and oxygen atoms in total. The number of anilines is 1. The average Bonchev–Trinajstić information content (AvgIpc) is 2.96. The Morgan fingerprint density at radius 3 is 2.83 bits per heavy atom. The molecule has 0 radical (unpaired) electrons. The van der Waals surface area contributed by atoms with E-state index >= 15 is 0 Å². The number of benzene rings is 1. The van der Waals surface area contributed by atoms with Crippen molar-refractivity contribution in [2.24, 2.45) is 5.73 Å². The molecule has 4 N–H and O–H groups in total. The van der Waals surface area contributed by atoms with Crippen LogP contribution in [0.3, 0.4) is 0 Å². The van der Waals surface area contributed by atoms with Crippen LogP contribution >= 0.6 is 11.6 Å². The first-order chi connectivity index (χ1) is 11.1. The highest BCUT2D eigenvalue weighted by Crippen LogP contribution is 2.28. The number of nitrogens with two attached hydrogens (primary N) is 1. The second kappa shape index (κ2) is 6.76. The summed E-state index contributed by atoms with van der Waals surface area (Å²) >= 11 is 6.19. The van der Waals surface area contributed by atoms with E-state index in [1.807, 2.05) is 0 Å². The Morgan fingerprint density at radius 1 is 1.35 bits per heavy atom. The van der Waals surface area contributed by atoms with Gasteiger partial charge in [-0.25, -0.2) is 4.79 Å². The van der Waals surface area contributed by atoms with Crippen LogP contribution in [0.2, 0.25) is 5.02 Å². The molecule has 1 aromatic carbocycles. The number of carbonyl (C=O) groups is 2. The van der Waals surface area contributed by atoms with Crippen molar-refractivity contribution in [2.45, 2.75) is 37.8 Å². The summed E-state index contributed by atoms with van der Waals surface area (Å²) in [6.45, 7) is 1.11. The number of amides is 3. The molecule has 0 aromatic heterocycles. The van der Waals surface area contributed by atoms with E-state index in [1.165, 1.54) is 0 Å². The Morgan fingerprint density at radius 2 is 2.13 bits per heavy atom. The molecule has 1 aliphatic heterocycles. The summed E-state index contributed by atoms with van der Waals surface area (Å²) < 4.78 is 0. The molecular weight excluding hydrogens is 316 g/mol. The number of urea groups is 1. The van der Waals surface area contributed by atoms with Gasteiger partial charge in [-0.1, -0.05) is 24.4 Å². The van der Waals surface area contributed by atoms with Crippen molar-refractivity contribution in [1.29, 1.82) is 0 Å². The van der Waals surface area contributed by atoms with E-state index in [-0.39, 0.29) is 24.0 Å². The van der Waals surface area contributed by atoms with Gasteiger partial charge in [-0.05, 0) is 31.0 Å². The van der Waals surface area contributed by atoms with Gasteiger partial charge in [-0.15, -0.1) is 0 Å². The molecule has 3 amide bonds. The van der Waals surface area contributed by atoms with Crippen LogP contribution in [-0.2, 0) is 0 Å². The van der Waals surface area contributed by atoms with E-state index in [0.29, 0.717) is 29.4 Å². The molecule has 2 aliphatic rings. The smallest absolute Gasteiger partial charge is 0.322 e. The molecule has 124 valence electrons. The highest BCUT2D eigenvalue weighted by atomic mass is 35.5. The van der Waals surface area contributed by atoms with Crippen molar-refractivity contribution in [3.8, 4) is 0 Å². The van der Waals surface area contributed by atoms with E-state index in [9.17, 15) is 9.59 Å². The minimum Gasteiger partial charge on any atom is -0.348 e. The number of hydrogen-bond donors (Lipinski definition) is 3. The van der Waals surface area contributed by atoms with E-state index in [4.69, 9.17) is 17.3 Å². The molecule has 0 bridgehead atoms. The lowest BCUT2D eigenvalue weighted by Gasteiger charge is -2.29. The summed E-state index contributed by atoms with van der Waals surface area (Å²) in [6, 6.07) is 4.80. The lowest BCUT2D eigenvalue weighted by atomic mass is 9.91. The van der Waals surface area contributed by atoms with Gasteiger partial charge in [-0.2, -0.15) is 0 Å². The van der Waals surface area contributed by atoms with Gasteiger partial charge < -0.3 is 16.4 Å². The molecular formula is C16H21ClN4O2. The summed E-state index contributed by atoms with van der Waals surface area (Å²) in [4.78, 5) is 25.8. The zero-order valence-corrected chi connectivity index (χ0v) is 13.6. The van der Waals surface area contributed by atoms with E-state index in [2.05, 4.69) is 10.6 Å². The number of nitrogens with one attached hydrogen (secondary N) is 2. The van der Waals surface area contributed by atoms with Crippen molar-refractivity contribution in [3.63, 3.8) is 0 Å². The summed E-state index contributed by atoms with van der Waals surface area (Å²) in [6.07, 6.45) is 4.04. The zero-order chi connectivity index (χ0) is 16.4. The largest absolute Gasteiger partial charge is 0.348 e. The SMILES string of the molecule is N[C@@H]1CCCC[C@H]1NC(=O)c1ccc(Cl)c(N2CCNC2=O)c1. The van der Waals surface area contributed by atoms with Crippen molar-refractivity contribution in [3.05, 3.63) is 28.8 Å². The molecule has 1 aliphatic carbocycles. The molecule has 7 heteroatoms. The third-order valence-corrected chi connectivity index (χ3v) is 4.81. The number of carbonyl (C=O) groups excluding carboxylic acids is 2. The summed E-state index contributed by atoms with van der Waals surface area (Å²) in [7, 11) is 0. The lowest BCUT2D eigenvalue weighted by molar-refractivity contribution is 0.0921. The first-order valence-corrected chi connectivity index (χ1v) is 8.35. The lowest BCUT2D eigenvalue weighted by Crippen LogP contribution is -2.49. The highest BCUT2D eigenvalue weighted by molar-refractivity contribution is 6.34. The first-order valence-electron chi connectivity index (χ1n) is 7.97. The first kappa shape index (κ1) is 16.1. The molecule has 1 heterocycles. The molecule has 2 fully saturated rings. The van der Waals surface area contributed by atoms with E-state index in [0.717, 1.165) is 25.7 Å². The number of hydrogen-bond acceptors (Lipinski definition) is 3. The second-order valence-electron chi connectivity index (χ2n) is 6.08. The van der Waals surface area contributed by atoms with Crippen LogP contribution in [0.4, 0.5) is 10.5 Å². The molecule has 23 heavy (non-hydrogen) atoms. The maximum absolute atomic E-state index is 12.5. The topological polar surface area (TPSA) is 87.5 Å². The van der Waals surface area contributed by atoms with Gasteiger partial charge in [0.2, 0.25) is 0 Å². The Kier molecular flexibility index (Phi) is 4.73.